The molecule has 1 fully saturated rings. The molecule has 2 heterocycles. The topological polar surface area (TPSA) is 96.9 Å². The molecule has 0 aromatic carbocycles. The Balaban J connectivity index is 1.88. The molecule has 1 aromatic rings. The molecule has 1 amide bonds. The number of hydrogen-bond acceptors (Lipinski definition) is 4. The summed E-state index contributed by atoms with van der Waals surface area (Å²) in [6.07, 6.45) is 1.71. The molecule has 8 heteroatoms. The Kier molecular flexibility index (Phi) is 3.69. The van der Waals surface area contributed by atoms with Gasteiger partial charge in [-0.25, -0.2) is 5.14 Å². The first kappa shape index (κ1) is 13.1. The highest BCUT2D eigenvalue weighted by atomic mass is 32.2. The van der Waals surface area contributed by atoms with Crippen molar-refractivity contribution >= 4 is 16.1 Å². The Morgan fingerprint density at radius 2 is 2.00 bits per heavy atom. The quantitative estimate of drug-likeness (QED) is 0.777. The summed E-state index contributed by atoms with van der Waals surface area (Å²) in [7, 11) is -3.65. The molecular formula is C10H15N3O4S. The number of piperazine rings is 1. The van der Waals surface area contributed by atoms with Crippen LogP contribution in [0.5, 0.6) is 0 Å². The second-order valence-electron chi connectivity index (χ2n) is 4.08. The van der Waals surface area contributed by atoms with E-state index in [0.717, 1.165) is 0 Å². The standard InChI is InChI=1S/C10H15N3O4S/c11-18(15,16)13-5-3-12(4-6-13)10(14)8-9-2-1-7-17-9/h1-2,7H,3-6,8H2,(H2,11,15,16). The van der Waals surface area contributed by atoms with Gasteiger partial charge < -0.3 is 9.32 Å². The molecule has 0 atom stereocenters. The average molecular weight is 273 g/mol. The molecule has 0 saturated carbocycles. The number of nitrogens with two attached hydrogens (primary N) is 1. The number of nitrogens with zero attached hydrogens (tertiary/aromatic N) is 2. The number of amides is 1. The second kappa shape index (κ2) is 5.09. The minimum Gasteiger partial charge on any atom is -0.469 e. The molecule has 1 aliphatic rings. The maximum Gasteiger partial charge on any atom is 0.277 e. The minimum atomic E-state index is -3.65. The van der Waals surface area contributed by atoms with Crippen molar-refractivity contribution < 1.29 is 17.6 Å². The van der Waals surface area contributed by atoms with Crippen molar-refractivity contribution in [3.05, 3.63) is 24.2 Å². The molecule has 0 aliphatic carbocycles. The Hall–Kier alpha value is -1.38. The Bertz CT molecular complexity index is 503. The highest BCUT2D eigenvalue weighted by Gasteiger charge is 2.26. The summed E-state index contributed by atoms with van der Waals surface area (Å²) in [6.45, 7) is 1.19. The van der Waals surface area contributed by atoms with E-state index in [2.05, 4.69) is 0 Å². The van der Waals surface area contributed by atoms with Gasteiger partial charge in [-0.1, -0.05) is 0 Å². The zero-order valence-electron chi connectivity index (χ0n) is 9.78. The van der Waals surface area contributed by atoms with E-state index in [1.807, 2.05) is 0 Å². The highest BCUT2D eigenvalue weighted by molar-refractivity contribution is 7.86. The van der Waals surface area contributed by atoms with Crippen LogP contribution in [0.1, 0.15) is 5.76 Å². The van der Waals surface area contributed by atoms with Crippen molar-refractivity contribution in [2.24, 2.45) is 5.14 Å². The fourth-order valence-corrected chi connectivity index (χ4v) is 2.54. The van der Waals surface area contributed by atoms with Gasteiger partial charge in [0.25, 0.3) is 10.2 Å². The molecule has 2 N–H and O–H groups in total. The monoisotopic (exact) mass is 273 g/mol. The molecule has 0 radical (unpaired) electrons. The van der Waals surface area contributed by atoms with Crippen LogP contribution in [-0.2, 0) is 21.4 Å². The number of hydrogen-bond donors (Lipinski definition) is 1. The van der Waals surface area contributed by atoms with Gasteiger partial charge in [-0.2, -0.15) is 12.7 Å². The van der Waals surface area contributed by atoms with Crippen LogP contribution in [0.4, 0.5) is 0 Å². The van der Waals surface area contributed by atoms with E-state index in [1.165, 1.54) is 10.6 Å². The molecule has 7 nitrogen and oxygen atoms in total. The van der Waals surface area contributed by atoms with Crippen LogP contribution in [0.15, 0.2) is 22.8 Å². The zero-order chi connectivity index (χ0) is 13.2. The van der Waals surface area contributed by atoms with E-state index in [0.29, 0.717) is 18.8 Å². The first-order chi connectivity index (χ1) is 8.47. The van der Waals surface area contributed by atoms with Crippen molar-refractivity contribution in [2.45, 2.75) is 6.42 Å². The maximum absolute atomic E-state index is 11.9. The fraction of sp³-hybridized carbons (Fsp3) is 0.500. The highest BCUT2D eigenvalue weighted by Crippen LogP contribution is 2.08. The summed E-state index contributed by atoms with van der Waals surface area (Å²) in [4.78, 5) is 13.5. The minimum absolute atomic E-state index is 0.0704. The van der Waals surface area contributed by atoms with E-state index >= 15 is 0 Å². The molecule has 1 aromatic heterocycles. The van der Waals surface area contributed by atoms with Crippen LogP contribution in [-0.4, -0.2) is 49.7 Å². The summed E-state index contributed by atoms with van der Waals surface area (Å²) < 4.78 is 28.5. The van der Waals surface area contributed by atoms with Gasteiger partial charge in [0.05, 0.1) is 12.7 Å². The third-order valence-corrected chi connectivity index (χ3v) is 3.94. The second-order valence-corrected chi connectivity index (χ2v) is 5.63. The third-order valence-electron chi connectivity index (χ3n) is 2.86. The molecule has 1 aliphatic heterocycles. The van der Waals surface area contributed by atoms with Gasteiger partial charge in [0.15, 0.2) is 0 Å². The lowest BCUT2D eigenvalue weighted by atomic mass is 10.2. The molecule has 18 heavy (non-hydrogen) atoms. The largest absolute Gasteiger partial charge is 0.469 e. The van der Waals surface area contributed by atoms with E-state index in [1.54, 1.807) is 17.0 Å². The van der Waals surface area contributed by atoms with Gasteiger partial charge in [0, 0.05) is 26.2 Å². The lowest BCUT2D eigenvalue weighted by molar-refractivity contribution is -0.131. The van der Waals surface area contributed by atoms with E-state index < -0.39 is 10.2 Å². The number of carbonyl (C=O) groups is 1. The molecular weight excluding hydrogens is 258 g/mol. The molecule has 0 unspecified atom stereocenters. The van der Waals surface area contributed by atoms with Crippen LogP contribution in [0.25, 0.3) is 0 Å². The van der Waals surface area contributed by atoms with Gasteiger partial charge in [-0.05, 0) is 12.1 Å². The molecule has 2 rings (SSSR count). The van der Waals surface area contributed by atoms with E-state index in [-0.39, 0.29) is 25.4 Å². The molecule has 0 spiro atoms. The average Bonchev–Trinajstić information content (AvgIpc) is 2.81. The van der Waals surface area contributed by atoms with Crippen LogP contribution in [0.3, 0.4) is 0 Å². The Labute approximate surface area is 105 Å². The van der Waals surface area contributed by atoms with E-state index in [9.17, 15) is 13.2 Å². The summed E-state index contributed by atoms with van der Waals surface area (Å²) in [5, 5.41) is 5.02. The normalized spacial score (nSPS) is 17.9. The van der Waals surface area contributed by atoms with Gasteiger partial charge >= 0.3 is 0 Å². The van der Waals surface area contributed by atoms with Gasteiger partial charge in [0.2, 0.25) is 5.91 Å². The smallest absolute Gasteiger partial charge is 0.277 e. The molecule has 1 saturated heterocycles. The lowest BCUT2D eigenvalue weighted by Gasteiger charge is -2.32. The van der Waals surface area contributed by atoms with Crippen LogP contribution in [0.2, 0.25) is 0 Å². The first-order valence-corrected chi connectivity index (χ1v) is 7.05. The predicted molar refractivity (Wildman–Crippen MR) is 63.7 cm³/mol. The fourth-order valence-electron chi connectivity index (χ4n) is 1.87. The van der Waals surface area contributed by atoms with Crippen molar-refractivity contribution in [1.82, 2.24) is 9.21 Å². The van der Waals surface area contributed by atoms with Gasteiger partial charge in [-0.3, -0.25) is 4.79 Å². The van der Waals surface area contributed by atoms with E-state index in [4.69, 9.17) is 9.56 Å². The molecule has 100 valence electrons. The predicted octanol–water partition coefficient (Wildman–Crippen LogP) is -0.830. The maximum atomic E-state index is 11.9. The lowest BCUT2D eigenvalue weighted by Crippen LogP contribution is -2.52. The molecule has 0 bridgehead atoms. The summed E-state index contributed by atoms with van der Waals surface area (Å²) in [5.74, 6) is 0.535. The third kappa shape index (κ3) is 3.09. The summed E-state index contributed by atoms with van der Waals surface area (Å²) >= 11 is 0. The van der Waals surface area contributed by atoms with Crippen molar-refractivity contribution in [3.63, 3.8) is 0 Å². The Morgan fingerprint density at radius 3 is 2.50 bits per heavy atom. The van der Waals surface area contributed by atoms with Gasteiger partial charge in [-0.15, -0.1) is 0 Å². The summed E-state index contributed by atoms with van der Waals surface area (Å²) in [5.41, 5.74) is 0. The zero-order valence-corrected chi connectivity index (χ0v) is 10.6. The first-order valence-electron chi connectivity index (χ1n) is 5.55. The SMILES string of the molecule is NS(=O)(=O)N1CCN(C(=O)Cc2ccco2)CC1. The number of furan rings is 1. The Morgan fingerprint density at radius 1 is 1.33 bits per heavy atom. The number of rotatable bonds is 3. The number of carbonyl (C=O) groups excluding carboxylic acids is 1. The van der Waals surface area contributed by atoms with Crippen molar-refractivity contribution in [3.8, 4) is 0 Å². The van der Waals surface area contributed by atoms with Crippen molar-refractivity contribution in [1.29, 1.82) is 0 Å². The van der Waals surface area contributed by atoms with Crippen LogP contribution in [0, 0.1) is 0 Å². The van der Waals surface area contributed by atoms with Crippen LogP contribution >= 0.6 is 0 Å². The summed E-state index contributed by atoms with van der Waals surface area (Å²) in [6, 6.07) is 3.46. The van der Waals surface area contributed by atoms with Gasteiger partial charge in [0.1, 0.15) is 5.76 Å². The van der Waals surface area contributed by atoms with Crippen molar-refractivity contribution in [2.75, 3.05) is 26.2 Å². The van der Waals surface area contributed by atoms with Crippen LogP contribution < -0.4 is 5.14 Å².